The van der Waals surface area contributed by atoms with Gasteiger partial charge in [-0.05, 0) is 25.8 Å². The fraction of sp³-hybridized carbons (Fsp3) is 0.889. The van der Waals surface area contributed by atoms with E-state index in [1.165, 1.54) is 25.8 Å². The fourth-order valence-corrected chi connectivity index (χ4v) is 2.59. The predicted molar refractivity (Wildman–Crippen MR) is 56.6 cm³/mol. The van der Waals surface area contributed by atoms with Crippen LogP contribution in [0.2, 0.25) is 0 Å². The van der Waals surface area contributed by atoms with Gasteiger partial charge in [0.25, 0.3) is 0 Å². The van der Waals surface area contributed by atoms with Gasteiger partial charge >= 0.3 is 0 Å². The summed E-state index contributed by atoms with van der Waals surface area (Å²) in [5, 5.41) is 0. The molecule has 0 bridgehead atoms. The summed E-state index contributed by atoms with van der Waals surface area (Å²) in [6.07, 6.45) is 5.03. The second kappa shape index (κ2) is 4.14. The molecule has 0 radical (unpaired) electrons. The number of hydrogen-bond donors (Lipinski definition) is 3. The van der Waals surface area contributed by atoms with Gasteiger partial charge in [-0.15, -0.1) is 0 Å². The molecular weight excluding hydrogens is 178 g/mol. The van der Waals surface area contributed by atoms with Crippen molar-refractivity contribution in [3.05, 3.63) is 0 Å². The van der Waals surface area contributed by atoms with E-state index >= 15 is 0 Å². The Kier molecular flexibility index (Phi) is 2.88. The lowest BCUT2D eigenvalue weighted by molar-refractivity contribution is 0.190. The van der Waals surface area contributed by atoms with Crippen molar-refractivity contribution in [3.63, 3.8) is 0 Å². The lowest BCUT2D eigenvalue weighted by Gasteiger charge is -2.31. The van der Waals surface area contributed by atoms with Gasteiger partial charge in [0.1, 0.15) is 0 Å². The van der Waals surface area contributed by atoms with Gasteiger partial charge in [-0.3, -0.25) is 10.3 Å². The third kappa shape index (κ3) is 1.83. The molecule has 2 saturated heterocycles. The van der Waals surface area contributed by atoms with E-state index in [0.29, 0.717) is 18.0 Å². The molecule has 5 heteroatoms. The molecule has 0 aromatic carbocycles. The van der Waals surface area contributed by atoms with Crippen molar-refractivity contribution in [1.82, 2.24) is 10.3 Å². The molecule has 14 heavy (non-hydrogen) atoms. The molecule has 2 unspecified atom stereocenters. The van der Waals surface area contributed by atoms with Crippen molar-refractivity contribution < 1.29 is 0 Å². The number of nitrogens with one attached hydrogen (secondary N) is 1. The van der Waals surface area contributed by atoms with Gasteiger partial charge < -0.3 is 5.73 Å². The molecule has 0 aromatic rings. The third-order valence-electron chi connectivity index (χ3n) is 3.27. The van der Waals surface area contributed by atoms with Crippen molar-refractivity contribution in [3.8, 4) is 0 Å². The zero-order valence-electron chi connectivity index (χ0n) is 8.45. The lowest BCUT2D eigenvalue weighted by atomic mass is 10.00. The van der Waals surface area contributed by atoms with Crippen LogP contribution in [0.25, 0.3) is 0 Å². The molecule has 0 amide bonds. The smallest absolute Gasteiger partial charge is 0.203 e. The van der Waals surface area contributed by atoms with E-state index in [9.17, 15) is 0 Å². The van der Waals surface area contributed by atoms with Crippen molar-refractivity contribution in [2.75, 3.05) is 13.1 Å². The Hall–Kier alpha value is -0.810. The normalized spacial score (nSPS) is 34.2. The zero-order valence-corrected chi connectivity index (χ0v) is 8.45. The van der Waals surface area contributed by atoms with E-state index in [-0.39, 0.29) is 0 Å². The molecular formula is C9H19N5. The van der Waals surface area contributed by atoms with Gasteiger partial charge in [0.05, 0.1) is 6.04 Å². The van der Waals surface area contributed by atoms with Crippen molar-refractivity contribution in [1.29, 1.82) is 0 Å². The second-order valence-electron chi connectivity index (χ2n) is 4.11. The number of guanidine groups is 1. The lowest BCUT2D eigenvalue weighted by Crippen LogP contribution is -2.42. The molecule has 2 aliphatic rings. The predicted octanol–water partition coefficient (Wildman–Crippen LogP) is -0.609. The molecule has 0 aromatic heterocycles. The SMILES string of the molecule is NNC(N)=NC1CCN2CCCCC12. The molecule has 2 aliphatic heterocycles. The number of rotatable bonds is 1. The van der Waals surface area contributed by atoms with Crippen LogP contribution in [0.1, 0.15) is 25.7 Å². The summed E-state index contributed by atoms with van der Waals surface area (Å²) >= 11 is 0. The van der Waals surface area contributed by atoms with Crippen LogP contribution in [0, 0.1) is 0 Å². The van der Waals surface area contributed by atoms with E-state index in [1.807, 2.05) is 0 Å². The first-order valence-electron chi connectivity index (χ1n) is 5.35. The van der Waals surface area contributed by atoms with E-state index < -0.39 is 0 Å². The highest BCUT2D eigenvalue weighted by atomic mass is 15.3. The number of hydrazine groups is 1. The Morgan fingerprint density at radius 3 is 2.93 bits per heavy atom. The molecule has 0 aliphatic carbocycles. The highest BCUT2D eigenvalue weighted by Gasteiger charge is 2.35. The molecule has 0 saturated carbocycles. The molecule has 80 valence electrons. The van der Waals surface area contributed by atoms with Gasteiger partial charge in [-0.1, -0.05) is 6.42 Å². The number of aliphatic imine (C=N–C) groups is 1. The first kappa shape index (κ1) is 9.73. The van der Waals surface area contributed by atoms with E-state index in [4.69, 9.17) is 11.6 Å². The summed E-state index contributed by atoms with van der Waals surface area (Å²) in [7, 11) is 0. The fourth-order valence-electron chi connectivity index (χ4n) is 2.59. The second-order valence-corrected chi connectivity index (χ2v) is 4.11. The van der Waals surface area contributed by atoms with Crippen molar-refractivity contribution in [2.24, 2.45) is 16.6 Å². The summed E-state index contributed by atoms with van der Waals surface area (Å²) in [4.78, 5) is 6.92. The van der Waals surface area contributed by atoms with Gasteiger partial charge in [0.15, 0.2) is 0 Å². The Bertz CT molecular complexity index is 227. The number of piperidine rings is 1. The number of nitrogens with two attached hydrogens (primary N) is 2. The van der Waals surface area contributed by atoms with Gasteiger partial charge in [0.2, 0.25) is 5.96 Å². The maximum Gasteiger partial charge on any atom is 0.203 e. The van der Waals surface area contributed by atoms with Crippen LogP contribution < -0.4 is 17.0 Å². The maximum atomic E-state index is 5.57. The van der Waals surface area contributed by atoms with Crippen LogP contribution in [0.4, 0.5) is 0 Å². The standard InChI is InChI=1S/C9H19N5/c10-9(13-11)12-7-4-6-14-5-2-1-3-8(7)14/h7-8H,1-6,11H2,(H3,10,12,13). The van der Waals surface area contributed by atoms with E-state index in [2.05, 4.69) is 15.3 Å². The highest BCUT2D eigenvalue weighted by Crippen LogP contribution is 2.28. The van der Waals surface area contributed by atoms with Gasteiger partial charge in [-0.25, -0.2) is 10.8 Å². The summed E-state index contributed by atoms with van der Waals surface area (Å²) < 4.78 is 0. The first-order valence-corrected chi connectivity index (χ1v) is 5.35. The minimum atomic E-state index is 0.353. The molecule has 2 atom stereocenters. The Labute approximate surface area is 84.5 Å². The Morgan fingerprint density at radius 1 is 1.29 bits per heavy atom. The van der Waals surface area contributed by atoms with Gasteiger partial charge in [0, 0.05) is 12.6 Å². The zero-order chi connectivity index (χ0) is 9.97. The van der Waals surface area contributed by atoms with Crippen LogP contribution in [-0.2, 0) is 0 Å². The van der Waals surface area contributed by atoms with Crippen LogP contribution in [0.15, 0.2) is 4.99 Å². The minimum absolute atomic E-state index is 0.353. The first-order chi connectivity index (χ1) is 6.81. The summed E-state index contributed by atoms with van der Waals surface area (Å²) in [6, 6.07) is 0.960. The van der Waals surface area contributed by atoms with Crippen LogP contribution in [0.3, 0.4) is 0 Å². The molecule has 2 fully saturated rings. The molecule has 0 spiro atoms. The van der Waals surface area contributed by atoms with Crippen LogP contribution >= 0.6 is 0 Å². The number of nitrogens with zero attached hydrogens (tertiary/aromatic N) is 2. The Morgan fingerprint density at radius 2 is 2.14 bits per heavy atom. The number of hydrogen-bond acceptors (Lipinski definition) is 3. The number of fused-ring (bicyclic) bond motifs is 1. The monoisotopic (exact) mass is 197 g/mol. The Balaban J connectivity index is 2.00. The summed E-state index contributed by atoms with van der Waals surface area (Å²) in [5.41, 5.74) is 7.97. The molecule has 2 rings (SSSR count). The molecule has 5 nitrogen and oxygen atoms in total. The van der Waals surface area contributed by atoms with Gasteiger partial charge in [-0.2, -0.15) is 0 Å². The highest BCUT2D eigenvalue weighted by molar-refractivity contribution is 5.77. The molecule has 5 N–H and O–H groups in total. The average molecular weight is 197 g/mol. The van der Waals surface area contributed by atoms with E-state index in [1.54, 1.807) is 0 Å². The molecule has 2 heterocycles. The van der Waals surface area contributed by atoms with Crippen molar-refractivity contribution in [2.45, 2.75) is 37.8 Å². The van der Waals surface area contributed by atoms with Crippen LogP contribution in [0.5, 0.6) is 0 Å². The maximum absolute atomic E-state index is 5.57. The summed E-state index contributed by atoms with van der Waals surface area (Å²) in [5.74, 6) is 5.56. The van der Waals surface area contributed by atoms with E-state index in [0.717, 1.165) is 13.0 Å². The minimum Gasteiger partial charge on any atom is -0.369 e. The van der Waals surface area contributed by atoms with Crippen molar-refractivity contribution >= 4 is 5.96 Å². The topological polar surface area (TPSA) is 79.7 Å². The largest absolute Gasteiger partial charge is 0.369 e. The summed E-state index contributed by atoms with van der Waals surface area (Å²) in [6.45, 7) is 2.39. The third-order valence-corrected chi connectivity index (χ3v) is 3.27. The quantitative estimate of drug-likeness (QED) is 0.227. The average Bonchev–Trinajstić information content (AvgIpc) is 2.62. The van der Waals surface area contributed by atoms with Crippen LogP contribution in [-0.4, -0.2) is 36.0 Å².